The van der Waals surface area contributed by atoms with Crippen LogP contribution in [-0.2, 0) is 7.05 Å². The lowest BCUT2D eigenvalue weighted by molar-refractivity contribution is 0.198. The van der Waals surface area contributed by atoms with Crippen molar-refractivity contribution >= 4 is 0 Å². The summed E-state index contributed by atoms with van der Waals surface area (Å²) in [5, 5.41) is 10.9. The van der Waals surface area contributed by atoms with E-state index in [1.165, 1.54) is 12.1 Å². The van der Waals surface area contributed by atoms with Gasteiger partial charge < -0.3 is 9.30 Å². The lowest BCUT2D eigenvalue weighted by Gasteiger charge is -2.21. The number of ether oxygens (including phenoxy) is 1. The smallest absolute Gasteiger partial charge is 0.131 e. The van der Waals surface area contributed by atoms with Gasteiger partial charge in [0.15, 0.2) is 0 Å². The van der Waals surface area contributed by atoms with Gasteiger partial charge in [-0.05, 0) is 36.6 Å². The van der Waals surface area contributed by atoms with Crippen molar-refractivity contribution in [3.8, 4) is 39.7 Å². The molecular formula is C23H25FN6O. The second-order valence-corrected chi connectivity index (χ2v) is 8.76. The number of nitrogens with zero attached hydrogens (tertiary/aromatic N) is 5. The first-order valence-electron chi connectivity index (χ1n) is 10.0. The van der Waals surface area contributed by atoms with E-state index in [-0.39, 0.29) is 11.2 Å². The van der Waals surface area contributed by atoms with Crippen molar-refractivity contribution in [2.75, 3.05) is 6.61 Å². The van der Waals surface area contributed by atoms with Gasteiger partial charge in [-0.1, -0.05) is 26.0 Å². The molecule has 1 aromatic carbocycles. The highest BCUT2D eigenvalue weighted by atomic mass is 19.1. The fourth-order valence-corrected chi connectivity index (χ4v) is 3.30. The Bertz CT molecular complexity index is 1220. The third-order valence-electron chi connectivity index (χ3n) is 4.80. The maximum Gasteiger partial charge on any atom is 0.131 e. The number of rotatable bonds is 5. The van der Waals surface area contributed by atoms with E-state index in [1.807, 2.05) is 30.7 Å². The molecule has 0 bridgehead atoms. The Kier molecular flexibility index (Phi) is 5.31. The largest absolute Gasteiger partial charge is 0.492 e. The summed E-state index contributed by atoms with van der Waals surface area (Å²) in [6.07, 6.45) is 3.44. The number of benzene rings is 1. The van der Waals surface area contributed by atoms with Crippen molar-refractivity contribution < 1.29 is 9.13 Å². The van der Waals surface area contributed by atoms with Crippen LogP contribution in [0.2, 0.25) is 0 Å². The summed E-state index contributed by atoms with van der Waals surface area (Å²) in [6, 6.07) is 8.38. The summed E-state index contributed by atoms with van der Waals surface area (Å²) in [7, 11) is 1.90. The molecule has 4 aromatic rings. The third-order valence-corrected chi connectivity index (χ3v) is 4.80. The fraction of sp³-hybridized carbons (Fsp3) is 0.304. The van der Waals surface area contributed by atoms with Crippen molar-refractivity contribution in [2.24, 2.45) is 12.5 Å². The molecule has 0 radical (unpaired) electrons. The number of aromatic amines is 1. The number of aryl methyl sites for hydroxylation is 2. The van der Waals surface area contributed by atoms with Gasteiger partial charge in [0.2, 0.25) is 0 Å². The highest BCUT2D eigenvalue weighted by Gasteiger charge is 2.21. The van der Waals surface area contributed by atoms with Crippen LogP contribution in [0.15, 0.2) is 42.9 Å². The number of nitrogens with one attached hydrogen (secondary N) is 1. The molecule has 1 N–H and O–H groups in total. The van der Waals surface area contributed by atoms with Crippen LogP contribution >= 0.6 is 0 Å². The Morgan fingerprint density at radius 1 is 1.10 bits per heavy atom. The SMILES string of the molecule is Cc1[nH]nnc1-c1ccnc(-c2ncn(C)c2-c2ccc(F)cc2OCC(C)(C)C)c1. The van der Waals surface area contributed by atoms with E-state index in [9.17, 15) is 4.39 Å². The minimum atomic E-state index is -0.349. The standard InChI is InChI=1S/C23H25FN6O/c1-14-20(28-29-27-14)15-8-9-25-18(10-15)21-22(30(5)13-26-21)17-7-6-16(24)11-19(17)31-12-23(2,3)4/h6-11,13H,12H2,1-5H3,(H,27,28,29). The van der Waals surface area contributed by atoms with Gasteiger partial charge >= 0.3 is 0 Å². The Labute approximate surface area is 180 Å². The molecule has 0 aliphatic heterocycles. The molecule has 0 aliphatic carbocycles. The van der Waals surface area contributed by atoms with Crippen LogP contribution in [0.5, 0.6) is 5.75 Å². The van der Waals surface area contributed by atoms with Crippen LogP contribution in [0.25, 0.3) is 33.9 Å². The minimum Gasteiger partial charge on any atom is -0.492 e. The number of pyridine rings is 1. The summed E-state index contributed by atoms with van der Waals surface area (Å²) in [6.45, 7) is 8.59. The van der Waals surface area contributed by atoms with Crippen molar-refractivity contribution in [2.45, 2.75) is 27.7 Å². The summed E-state index contributed by atoms with van der Waals surface area (Å²) in [5.41, 5.74) is 5.36. The quantitative estimate of drug-likeness (QED) is 0.501. The van der Waals surface area contributed by atoms with Gasteiger partial charge in [-0.25, -0.2) is 9.37 Å². The summed E-state index contributed by atoms with van der Waals surface area (Å²) >= 11 is 0. The monoisotopic (exact) mass is 420 g/mol. The Morgan fingerprint density at radius 2 is 1.90 bits per heavy atom. The number of aromatic nitrogens is 6. The number of imidazole rings is 1. The molecule has 8 heteroatoms. The number of H-pyrrole nitrogens is 1. The fourth-order valence-electron chi connectivity index (χ4n) is 3.30. The second kappa shape index (κ2) is 7.94. The van der Waals surface area contributed by atoms with Crippen LogP contribution in [0.1, 0.15) is 26.5 Å². The van der Waals surface area contributed by atoms with Crippen LogP contribution in [0.3, 0.4) is 0 Å². The number of hydrogen-bond donors (Lipinski definition) is 1. The van der Waals surface area contributed by atoms with E-state index < -0.39 is 0 Å². The van der Waals surface area contributed by atoms with Gasteiger partial charge in [0, 0.05) is 30.4 Å². The molecule has 0 fully saturated rings. The van der Waals surface area contributed by atoms with Gasteiger partial charge in [0.25, 0.3) is 0 Å². The van der Waals surface area contributed by atoms with Crippen LogP contribution in [0.4, 0.5) is 4.39 Å². The van der Waals surface area contributed by atoms with Crippen molar-refractivity contribution in [3.63, 3.8) is 0 Å². The average Bonchev–Trinajstić information content (AvgIpc) is 3.32. The molecule has 0 unspecified atom stereocenters. The van der Waals surface area contributed by atoms with Crippen LogP contribution < -0.4 is 4.74 Å². The molecule has 0 atom stereocenters. The zero-order valence-electron chi connectivity index (χ0n) is 18.3. The first kappa shape index (κ1) is 20.7. The number of hydrogen-bond acceptors (Lipinski definition) is 5. The van der Waals surface area contributed by atoms with Gasteiger partial charge in [-0.2, -0.15) is 0 Å². The molecule has 0 amide bonds. The predicted molar refractivity (Wildman–Crippen MR) is 117 cm³/mol. The molecule has 3 heterocycles. The van der Waals surface area contributed by atoms with E-state index in [0.717, 1.165) is 28.2 Å². The molecule has 0 saturated carbocycles. The van der Waals surface area contributed by atoms with E-state index in [0.29, 0.717) is 23.7 Å². The van der Waals surface area contributed by atoms with Crippen LogP contribution in [0, 0.1) is 18.2 Å². The van der Waals surface area contributed by atoms with Crippen molar-refractivity contribution in [1.82, 2.24) is 29.9 Å². The minimum absolute atomic E-state index is 0.0653. The zero-order valence-corrected chi connectivity index (χ0v) is 18.3. The molecule has 31 heavy (non-hydrogen) atoms. The van der Waals surface area contributed by atoms with Crippen molar-refractivity contribution in [1.29, 1.82) is 0 Å². The number of halogens is 1. The van der Waals surface area contributed by atoms with Gasteiger partial charge in [-0.15, -0.1) is 5.10 Å². The van der Waals surface area contributed by atoms with E-state index in [1.54, 1.807) is 18.6 Å². The highest BCUT2D eigenvalue weighted by molar-refractivity contribution is 5.81. The summed E-state index contributed by atoms with van der Waals surface area (Å²) in [4.78, 5) is 9.12. The molecule has 7 nitrogen and oxygen atoms in total. The average molecular weight is 420 g/mol. The second-order valence-electron chi connectivity index (χ2n) is 8.76. The first-order valence-corrected chi connectivity index (χ1v) is 10.0. The molecular weight excluding hydrogens is 395 g/mol. The molecule has 0 spiro atoms. The summed E-state index contributed by atoms with van der Waals surface area (Å²) < 4.78 is 22.0. The molecule has 4 rings (SSSR count). The maximum atomic E-state index is 14.1. The Hall–Kier alpha value is -3.55. The first-order chi connectivity index (χ1) is 14.7. The van der Waals surface area contributed by atoms with E-state index in [4.69, 9.17) is 4.74 Å². The zero-order chi connectivity index (χ0) is 22.2. The topological polar surface area (TPSA) is 81.5 Å². The molecule has 0 aliphatic rings. The van der Waals surface area contributed by atoms with Crippen LogP contribution in [-0.4, -0.2) is 36.6 Å². The van der Waals surface area contributed by atoms with Crippen molar-refractivity contribution in [3.05, 3.63) is 54.4 Å². The predicted octanol–water partition coefficient (Wildman–Crippen LogP) is 4.81. The third kappa shape index (κ3) is 4.33. The lowest BCUT2D eigenvalue weighted by Crippen LogP contribution is -2.17. The Morgan fingerprint density at radius 3 is 2.61 bits per heavy atom. The molecule has 160 valence electrons. The normalized spacial score (nSPS) is 11.7. The van der Waals surface area contributed by atoms with Gasteiger partial charge in [0.05, 0.1) is 30.0 Å². The van der Waals surface area contributed by atoms with Gasteiger partial charge in [0.1, 0.15) is 23.0 Å². The van der Waals surface area contributed by atoms with E-state index >= 15 is 0 Å². The highest BCUT2D eigenvalue weighted by Crippen LogP contribution is 2.37. The van der Waals surface area contributed by atoms with Gasteiger partial charge in [-0.3, -0.25) is 10.1 Å². The summed E-state index contributed by atoms with van der Waals surface area (Å²) in [5.74, 6) is 0.126. The lowest BCUT2D eigenvalue weighted by atomic mass is 9.98. The Balaban J connectivity index is 1.81. The molecule has 0 saturated heterocycles. The molecule has 3 aromatic heterocycles. The maximum absolute atomic E-state index is 14.1. The van der Waals surface area contributed by atoms with E-state index in [2.05, 4.69) is 46.1 Å².